The van der Waals surface area contributed by atoms with Gasteiger partial charge in [-0.1, -0.05) is 19.9 Å². The minimum absolute atomic E-state index is 0.00261. The maximum atomic E-state index is 12.5. The third kappa shape index (κ3) is 6.45. The summed E-state index contributed by atoms with van der Waals surface area (Å²) in [7, 11) is 1.62. The van der Waals surface area contributed by atoms with Crippen LogP contribution in [0, 0.1) is 11.8 Å². The third-order valence-corrected chi connectivity index (χ3v) is 4.89. The first-order chi connectivity index (χ1) is 12.9. The van der Waals surface area contributed by atoms with Gasteiger partial charge in [-0.15, -0.1) is 0 Å². The molecule has 0 bridgehead atoms. The number of piperidine rings is 1. The molecular formula is C21H32N2O4. The molecule has 6 heteroatoms. The van der Waals surface area contributed by atoms with E-state index in [9.17, 15) is 9.59 Å². The standard InChI is InChI=1S/C21H32N2O4/c1-15(2)9-11-27-19-8-7-17(12-20(19)26-4)13-22-21(25)18-6-5-10-23(14-18)16(3)24/h7-8,12,15,18H,5-6,9-11,13-14H2,1-4H3,(H,22,25)/t18-/m1/s1. The summed E-state index contributed by atoms with van der Waals surface area (Å²) in [4.78, 5) is 25.7. The number of carbonyl (C=O) groups excluding carboxylic acids is 2. The lowest BCUT2D eigenvalue weighted by Gasteiger charge is -2.31. The molecule has 1 saturated heterocycles. The maximum absolute atomic E-state index is 12.5. The number of likely N-dealkylation sites (tertiary alicyclic amines) is 1. The van der Waals surface area contributed by atoms with Gasteiger partial charge in [-0.3, -0.25) is 9.59 Å². The van der Waals surface area contributed by atoms with Crippen molar-refractivity contribution in [2.24, 2.45) is 11.8 Å². The molecule has 1 fully saturated rings. The summed E-state index contributed by atoms with van der Waals surface area (Å²) in [5, 5.41) is 2.98. The second kappa shape index (κ2) is 10.2. The van der Waals surface area contributed by atoms with E-state index in [2.05, 4.69) is 19.2 Å². The molecule has 1 aliphatic heterocycles. The number of ether oxygens (including phenoxy) is 2. The summed E-state index contributed by atoms with van der Waals surface area (Å²) in [6.45, 7) is 8.21. The van der Waals surface area contributed by atoms with E-state index in [1.165, 1.54) is 0 Å². The highest BCUT2D eigenvalue weighted by Crippen LogP contribution is 2.28. The van der Waals surface area contributed by atoms with E-state index in [4.69, 9.17) is 9.47 Å². The van der Waals surface area contributed by atoms with Crippen molar-refractivity contribution in [3.63, 3.8) is 0 Å². The lowest BCUT2D eigenvalue weighted by molar-refractivity contribution is -0.134. The van der Waals surface area contributed by atoms with Crippen molar-refractivity contribution in [1.29, 1.82) is 0 Å². The quantitative estimate of drug-likeness (QED) is 0.757. The Kier molecular flexibility index (Phi) is 7.95. The zero-order valence-corrected chi connectivity index (χ0v) is 16.9. The fraction of sp³-hybridized carbons (Fsp3) is 0.619. The molecule has 1 atom stereocenters. The van der Waals surface area contributed by atoms with Crippen LogP contribution in [0.3, 0.4) is 0 Å². The average molecular weight is 376 g/mol. The number of nitrogens with zero attached hydrogens (tertiary/aromatic N) is 1. The summed E-state index contributed by atoms with van der Waals surface area (Å²) in [6, 6.07) is 5.72. The zero-order chi connectivity index (χ0) is 19.8. The van der Waals surface area contributed by atoms with E-state index < -0.39 is 0 Å². The predicted molar refractivity (Wildman–Crippen MR) is 105 cm³/mol. The fourth-order valence-corrected chi connectivity index (χ4v) is 3.16. The normalized spacial score (nSPS) is 16.9. The minimum atomic E-state index is -0.136. The molecule has 0 unspecified atom stereocenters. The molecule has 0 spiro atoms. The van der Waals surface area contributed by atoms with Gasteiger partial charge < -0.3 is 19.7 Å². The van der Waals surface area contributed by atoms with Crippen LogP contribution in [0.1, 0.15) is 45.6 Å². The smallest absolute Gasteiger partial charge is 0.225 e. The van der Waals surface area contributed by atoms with Crippen LogP contribution in [0.15, 0.2) is 18.2 Å². The van der Waals surface area contributed by atoms with Crippen LogP contribution in [0.25, 0.3) is 0 Å². The number of hydrogen-bond acceptors (Lipinski definition) is 4. The lowest BCUT2D eigenvalue weighted by atomic mass is 9.97. The Morgan fingerprint density at radius 1 is 1.30 bits per heavy atom. The van der Waals surface area contributed by atoms with Crippen molar-refractivity contribution in [2.75, 3.05) is 26.8 Å². The zero-order valence-electron chi connectivity index (χ0n) is 16.9. The van der Waals surface area contributed by atoms with Crippen LogP contribution in [-0.4, -0.2) is 43.5 Å². The van der Waals surface area contributed by atoms with Crippen LogP contribution in [0.2, 0.25) is 0 Å². The molecule has 0 radical (unpaired) electrons. The van der Waals surface area contributed by atoms with Gasteiger partial charge in [0, 0.05) is 26.6 Å². The van der Waals surface area contributed by atoms with E-state index >= 15 is 0 Å². The van der Waals surface area contributed by atoms with Gasteiger partial charge in [0.2, 0.25) is 11.8 Å². The highest BCUT2D eigenvalue weighted by Gasteiger charge is 2.26. The monoisotopic (exact) mass is 376 g/mol. The Balaban J connectivity index is 1.89. The SMILES string of the molecule is COc1cc(CNC(=O)[C@@H]2CCCN(C(C)=O)C2)ccc1OCCC(C)C. The Morgan fingerprint density at radius 3 is 2.74 bits per heavy atom. The first-order valence-electron chi connectivity index (χ1n) is 9.73. The molecule has 27 heavy (non-hydrogen) atoms. The van der Waals surface area contributed by atoms with Gasteiger partial charge in [-0.2, -0.15) is 0 Å². The average Bonchev–Trinajstić information content (AvgIpc) is 2.66. The predicted octanol–water partition coefficient (Wildman–Crippen LogP) is 2.99. The van der Waals surface area contributed by atoms with E-state index in [-0.39, 0.29) is 17.7 Å². The summed E-state index contributed by atoms with van der Waals surface area (Å²) in [5.41, 5.74) is 0.954. The third-order valence-electron chi connectivity index (χ3n) is 4.89. The number of rotatable bonds is 8. The molecule has 6 nitrogen and oxygen atoms in total. The van der Waals surface area contributed by atoms with Crippen molar-refractivity contribution >= 4 is 11.8 Å². The Bertz CT molecular complexity index is 645. The van der Waals surface area contributed by atoms with Crippen molar-refractivity contribution in [2.45, 2.75) is 46.6 Å². The second-order valence-electron chi connectivity index (χ2n) is 7.54. The van der Waals surface area contributed by atoms with E-state index in [0.29, 0.717) is 31.4 Å². The summed E-state index contributed by atoms with van der Waals surface area (Å²) in [5.74, 6) is 1.87. The molecule has 1 N–H and O–H groups in total. The van der Waals surface area contributed by atoms with Gasteiger partial charge in [0.1, 0.15) is 0 Å². The van der Waals surface area contributed by atoms with Gasteiger partial charge >= 0.3 is 0 Å². The second-order valence-corrected chi connectivity index (χ2v) is 7.54. The van der Waals surface area contributed by atoms with Gasteiger partial charge in [0.25, 0.3) is 0 Å². The largest absolute Gasteiger partial charge is 0.493 e. The van der Waals surface area contributed by atoms with E-state index in [0.717, 1.165) is 37.1 Å². The molecule has 2 amide bonds. The molecule has 1 aromatic carbocycles. The Morgan fingerprint density at radius 2 is 2.07 bits per heavy atom. The molecule has 1 aliphatic rings. The van der Waals surface area contributed by atoms with Crippen molar-refractivity contribution in [3.8, 4) is 11.5 Å². The van der Waals surface area contributed by atoms with Crippen molar-refractivity contribution in [1.82, 2.24) is 10.2 Å². The van der Waals surface area contributed by atoms with Crippen molar-refractivity contribution < 1.29 is 19.1 Å². The van der Waals surface area contributed by atoms with Gasteiger partial charge in [0.05, 0.1) is 19.6 Å². The molecule has 0 aromatic heterocycles. The highest BCUT2D eigenvalue weighted by molar-refractivity contribution is 5.80. The summed E-state index contributed by atoms with van der Waals surface area (Å²) >= 11 is 0. The molecule has 0 saturated carbocycles. The number of nitrogens with one attached hydrogen (secondary N) is 1. The van der Waals surface area contributed by atoms with Crippen LogP contribution < -0.4 is 14.8 Å². The number of methoxy groups -OCH3 is 1. The fourth-order valence-electron chi connectivity index (χ4n) is 3.16. The first-order valence-corrected chi connectivity index (χ1v) is 9.73. The van der Waals surface area contributed by atoms with Gasteiger partial charge in [-0.25, -0.2) is 0 Å². The minimum Gasteiger partial charge on any atom is -0.493 e. The number of hydrogen-bond donors (Lipinski definition) is 1. The Hall–Kier alpha value is -2.24. The van der Waals surface area contributed by atoms with Crippen LogP contribution in [0.5, 0.6) is 11.5 Å². The summed E-state index contributed by atoms with van der Waals surface area (Å²) in [6.07, 6.45) is 2.68. The molecule has 1 aromatic rings. The van der Waals surface area contributed by atoms with Gasteiger partial charge in [-0.05, 0) is 42.9 Å². The molecular weight excluding hydrogens is 344 g/mol. The number of carbonyl (C=O) groups is 2. The maximum Gasteiger partial charge on any atom is 0.225 e. The topological polar surface area (TPSA) is 67.9 Å². The van der Waals surface area contributed by atoms with Gasteiger partial charge in [0.15, 0.2) is 11.5 Å². The van der Waals surface area contributed by atoms with Crippen LogP contribution in [0.4, 0.5) is 0 Å². The first kappa shape index (κ1) is 21.1. The summed E-state index contributed by atoms with van der Waals surface area (Å²) < 4.78 is 11.2. The number of amides is 2. The molecule has 0 aliphatic carbocycles. The van der Waals surface area contributed by atoms with Crippen molar-refractivity contribution in [3.05, 3.63) is 23.8 Å². The lowest BCUT2D eigenvalue weighted by Crippen LogP contribution is -2.44. The number of benzene rings is 1. The van der Waals surface area contributed by atoms with E-state index in [1.54, 1.807) is 18.9 Å². The molecule has 150 valence electrons. The molecule has 2 rings (SSSR count). The Labute approximate surface area is 162 Å². The highest BCUT2D eigenvalue weighted by atomic mass is 16.5. The van der Waals surface area contributed by atoms with Crippen LogP contribution in [-0.2, 0) is 16.1 Å². The van der Waals surface area contributed by atoms with E-state index in [1.807, 2.05) is 18.2 Å². The molecule has 1 heterocycles. The van der Waals surface area contributed by atoms with Crippen LogP contribution >= 0.6 is 0 Å².